The van der Waals surface area contributed by atoms with Crippen LogP contribution in [0, 0.1) is 0 Å². The number of urea groups is 1. The van der Waals surface area contributed by atoms with Gasteiger partial charge in [0.05, 0.1) is 6.04 Å². The van der Waals surface area contributed by atoms with E-state index >= 15 is 0 Å². The van der Waals surface area contributed by atoms with Crippen LogP contribution < -0.4 is 10.6 Å². The van der Waals surface area contributed by atoms with Crippen LogP contribution in [-0.4, -0.2) is 28.1 Å². The first-order valence-electron chi connectivity index (χ1n) is 5.74. The number of aliphatic carboxylic acids is 1. The van der Waals surface area contributed by atoms with E-state index in [4.69, 9.17) is 5.11 Å². The zero-order valence-electron chi connectivity index (χ0n) is 10.4. The number of nitrogens with zero attached hydrogens (tertiary/aromatic N) is 1. The molecule has 2 amide bonds. The highest BCUT2D eigenvalue weighted by atomic mass is 16.4. The van der Waals surface area contributed by atoms with E-state index < -0.39 is 18.0 Å². The standard InChI is InChI=1S/C12H17N3O3/c1-3-10(11(16)17)15-12(18)14-8(2)9-5-4-6-13-7-9/h4-8,10H,3H2,1-2H3,(H,16,17)(H2,14,15,18)/t8?,10-/m0/s1. The molecule has 0 aliphatic rings. The molecule has 0 spiro atoms. The predicted octanol–water partition coefficient (Wildman–Crippen LogP) is 1.31. The molecule has 0 saturated heterocycles. The van der Waals surface area contributed by atoms with E-state index in [1.165, 1.54) is 0 Å². The van der Waals surface area contributed by atoms with Crippen molar-refractivity contribution in [3.8, 4) is 0 Å². The van der Waals surface area contributed by atoms with Gasteiger partial charge in [-0.3, -0.25) is 4.98 Å². The van der Waals surface area contributed by atoms with Gasteiger partial charge in [-0.2, -0.15) is 0 Å². The molecule has 6 nitrogen and oxygen atoms in total. The molecule has 3 N–H and O–H groups in total. The van der Waals surface area contributed by atoms with Crippen LogP contribution in [0.3, 0.4) is 0 Å². The highest BCUT2D eigenvalue weighted by Gasteiger charge is 2.18. The largest absolute Gasteiger partial charge is 0.480 e. The van der Waals surface area contributed by atoms with Gasteiger partial charge in [-0.15, -0.1) is 0 Å². The first-order chi connectivity index (χ1) is 8.54. The minimum absolute atomic E-state index is 0.231. The number of carboxylic acids is 1. The van der Waals surface area contributed by atoms with Crippen LogP contribution >= 0.6 is 0 Å². The molecule has 1 rings (SSSR count). The van der Waals surface area contributed by atoms with Gasteiger partial charge >= 0.3 is 12.0 Å². The van der Waals surface area contributed by atoms with E-state index in [2.05, 4.69) is 15.6 Å². The molecule has 18 heavy (non-hydrogen) atoms. The molecule has 1 aromatic heterocycles. The van der Waals surface area contributed by atoms with Crippen molar-refractivity contribution in [2.24, 2.45) is 0 Å². The van der Waals surface area contributed by atoms with E-state index in [0.29, 0.717) is 6.42 Å². The lowest BCUT2D eigenvalue weighted by Gasteiger charge is -2.17. The number of carboxylic acid groups (broad SMARTS) is 1. The monoisotopic (exact) mass is 251 g/mol. The third-order valence-electron chi connectivity index (χ3n) is 2.54. The first kappa shape index (κ1) is 14.0. The van der Waals surface area contributed by atoms with Gasteiger partial charge in [-0.25, -0.2) is 9.59 Å². The second-order valence-electron chi connectivity index (χ2n) is 3.92. The van der Waals surface area contributed by atoms with Gasteiger partial charge < -0.3 is 15.7 Å². The van der Waals surface area contributed by atoms with Gasteiger partial charge in [0.15, 0.2) is 0 Å². The van der Waals surface area contributed by atoms with Crippen molar-refractivity contribution in [1.82, 2.24) is 15.6 Å². The fourth-order valence-corrected chi connectivity index (χ4v) is 1.45. The molecule has 1 unspecified atom stereocenters. The summed E-state index contributed by atoms with van der Waals surface area (Å²) >= 11 is 0. The highest BCUT2D eigenvalue weighted by molar-refractivity contribution is 5.82. The van der Waals surface area contributed by atoms with Crippen molar-refractivity contribution in [3.63, 3.8) is 0 Å². The zero-order chi connectivity index (χ0) is 13.5. The third-order valence-corrected chi connectivity index (χ3v) is 2.54. The SMILES string of the molecule is CC[C@H](NC(=O)NC(C)c1cccnc1)C(=O)O. The van der Waals surface area contributed by atoms with Crippen LogP contribution in [0.4, 0.5) is 4.79 Å². The predicted molar refractivity (Wildman–Crippen MR) is 66.0 cm³/mol. The first-order valence-corrected chi connectivity index (χ1v) is 5.74. The van der Waals surface area contributed by atoms with Crippen molar-refractivity contribution >= 4 is 12.0 Å². The maximum Gasteiger partial charge on any atom is 0.326 e. The molecule has 0 radical (unpaired) electrons. The molecule has 0 saturated carbocycles. The Hall–Kier alpha value is -2.11. The van der Waals surface area contributed by atoms with Crippen LogP contribution in [0.2, 0.25) is 0 Å². The number of aromatic nitrogens is 1. The summed E-state index contributed by atoms with van der Waals surface area (Å²) in [4.78, 5) is 26.3. The summed E-state index contributed by atoms with van der Waals surface area (Å²) in [7, 11) is 0. The second kappa shape index (κ2) is 6.58. The molecular weight excluding hydrogens is 234 g/mol. The van der Waals surface area contributed by atoms with Gasteiger partial charge in [0, 0.05) is 12.4 Å². The van der Waals surface area contributed by atoms with E-state index in [1.54, 1.807) is 32.3 Å². The Balaban J connectivity index is 2.52. The molecule has 6 heteroatoms. The minimum Gasteiger partial charge on any atom is -0.480 e. The number of rotatable bonds is 5. The van der Waals surface area contributed by atoms with E-state index in [1.807, 2.05) is 6.07 Å². The molecule has 1 heterocycles. The normalized spacial score (nSPS) is 13.4. The highest BCUT2D eigenvalue weighted by Crippen LogP contribution is 2.09. The van der Waals surface area contributed by atoms with E-state index in [9.17, 15) is 9.59 Å². The average Bonchev–Trinajstić information content (AvgIpc) is 2.36. The average molecular weight is 251 g/mol. The summed E-state index contributed by atoms with van der Waals surface area (Å²) in [5, 5.41) is 13.9. The van der Waals surface area contributed by atoms with Crippen molar-refractivity contribution < 1.29 is 14.7 Å². The quantitative estimate of drug-likeness (QED) is 0.735. The molecule has 0 bridgehead atoms. The van der Waals surface area contributed by atoms with Crippen molar-refractivity contribution in [2.75, 3.05) is 0 Å². The summed E-state index contributed by atoms with van der Waals surface area (Å²) in [5.74, 6) is -1.04. The second-order valence-corrected chi connectivity index (χ2v) is 3.92. The Morgan fingerprint density at radius 1 is 1.44 bits per heavy atom. The topological polar surface area (TPSA) is 91.3 Å². The molecule has 0 fully saturated rings. The molecule has 98 valence electrons. The minimum atomic E-state index is -1.04. The smallest absolute Gasteiger partial charge is 0.326 e. The van der Waals surface area contributed by atoms with Crippen molar-refractivity contribution in [3.05, 3.63) is 30.1 Å². The van der Waals surface area contributed by atoms with E-state index in [-0.39, 0.29) is 6.04 Å². The Morgan fingerprint density at radius 3 is 2.67 bits per heavy atom. The van der Waals surface area contributed by atoms with Crippen LogP contribution in [0.1, 0.15) is 31.9 Å². The maximum atomic E-state index is 11.6. The Bertz CT molecular complexity index is 408. The lowest BCUT2D eigenvalue weighted by Crippen LogP contribution is -2.46. The summed E-state index contributed by atoms with van der Waals surface area (Å²) < 4.78 is 0. The number of carbonyl (C=O) groups is 2. The summed E-state index contributed by atoms with van der Waals surface area (Å²) in [6, 6.07) is 2.01. The fraction of sp³-hybridized carbons (Fsp3) is 0.417. The third kappa shape index (κ3) is 4.04. The van der Waals surface area contributed by atoms with E-state index in [0.717, 1.165) is 5.56 Å². The Kier molecular flexibility index (Phi) is 5.10. The summed E-state index contributed by atoms with van der Waals surface area (Å²) in [6.07, 6.45) is 3.64. The van der Waals surface area contributed by atoms with Crippen LogP contribution in [0.15, 0.2) is 24.5 Å². The number of hydrogen-bond donors (Lipinski definition) is 3. The lowest BCUT2D eigenvalue weighted by atomic mass is 10.1. The number of amides is 2. The number of pyridine rings is 1. The van der Waals surface area contributed by atoms with Gasteiger partial charge in [0.25, 0.3) is 0 Å². The molecule has 0 aliphatic heterocycles. The fourth-order valence-electron chi connectivity index (χ4n) is 1.45. The van der Waals surface area contributed by atoms with Gasteiger partial charge in [-0.1, -0.05) is 13.0 Å². The molecule has 2 atom stereocenters. The zero-order valence-corrected chi connectivity index (χ0v) is 10.4. The number of hydrogen-bond acceptors (Lipinski definition) is 3. The molecule has 0 aromatic carbocycles. The Morgan fingerprint density at radius 2 is 2.17 bits per heavy atom. The Labute approximate surface area is 105 Å². The summed E-state index contributed by atoms with van der Waals surface area (Å²) in [5.41, 5.74) is 0.857. The molecule has 0 aliphatic carbocycles. The summed E-state index contributed by atoms with van der Waals surface area (Å²) in [6.45, 7) is 3.50. The van der Waals surface area contributed by atoms with Gasteiger partial charge in [0.2, 0.25) is 0 Å². The van der Waals surface area contributed by atoms with Gasteiger partial charge in [0.1, 0.15) is 6.04 Å². The number of carbonyl (C=O) groups excluding carboxylic acids is 1. The van der Waals surface area contributed by atoms with Crippen LogP contribution in [-0.2, 0) is 4.79 Å². The van der Waals surface area contributed by atoms with Crippen LogP contribution in [0.5, 0.6) is 0 Å². The molecule has 1 aromatic rings. The molecular formula is C12H17N3O3. The van der Waals surface area contributed by atoms with Gasteiger partial charge in [-0.05, 0) is 25.0 Å². The van der Waals surface area contributed by atoms with Crippen molar-refractivity contribution in [2.45, 2.75) is 32.4 Å². The van der Waals surface area contributed by atoms with Crippen molar-refractivity contribution in [1.29, 1.82) is 0 Å². The van der Waals surface area contributed by atoms with Crippen LogP contribution in [0.25, 0.3) is 0 Å². The number of nitrogens with one attached hydrogen (secondary N) is 2. The maximum absolute atomic E-state index is 11.6. The lowest BCUT2D eigenvalue weighted by molar-refractivity contribution is -0.139.